The molecule has 1 fully saturated rings. The molecule has 1 aliphatic heterocycles. The third kappa shape index (κ3) is 6.00. The number of nitrogens with zero attached hydrogens (tertiary/aromatic N) is 3. The first-order chi connectivity index (χ1) is 20.5. The van der Waals surface area contributed by atoms with Gasteiger partial charge in [0, 0.05) is 27.7 Å². The normalized spacial score (nSPS) is 19.1. The topological polar surface area (TPSA) is 144 Å². The summed E-state index contributed by atoms with van der Waals surface area (Å²) in [5, 5.41) is 12.6. The molecule has 1 saturated heterocycles. The Hall–Kier alpha value is -4.97. The summed E-state index contributed by atoms with van der Waals surface area (Å²) in [4.78, 5) is 76.9. The monoisotopic (exact) mass is 645 g/mol. The van der Waals surface area contributed by atoms with E-state index in [-0.39, 0.29) is 28.5 Å². The molecule has 0 unspecified atom stereocenters. The predicted molar refractivity (Wildman–Crippen MR) is 156 cm³/mol. The van der Waals surface area contributed by atoms with Crippen LogP contribution < -0.4 is 4.74 Å². The average Bonchev–Trinajstić information content (AvgIpc) is 3.26. The maximum atomic E-state index is 13.7. The summed E-state index contributed by atoms with van der Waals surface area (Å²) in [6.45, 7) is 1.15. The van der Waals surface area contributed by atoms with Crippen molar-refractivity contribution in [1.29, 1.82) is 0 Å². The Morgan fingerprint density at radius 1 is 0.930 bits per heavy atom. The van der Waals surface area contributed by atoms with Crippen molar-refractivity contribution < 1.29 is 33.6 Å². The van der Waals surface area contributed by atoms with Crippen molar-refractivity contribution in [3.05, 3.63) is 116 Å². The average molecular weight is 646 g/mol. The van der Waals surface area contributed by atoms with Gasteiger partial charge in [0.25, 0.3) is 23.4 Å². The van der Waals surface area contributed by atoms with Gasteiger partial charge in [0.2, 0.25) is 0 Å². The van der Waals surface area contributed by atoms with Gasteiger partial charge in [0.1, 0.15) is 12.3 Å². The zero-order valence-corrected chi connectivity index (χ0v) is 24.3. The highest BCUT2D eigenvalue weighted by Crippen LogP contribution is 2.39. The van der Waals surface area contributed by atoms with Crippen molar-refractivity contribution in [3.63, 3.8) is 0 Å². The number of carbonyl (C=O) groups excluding carboxylic acids is 5. The second kappa shape index (κ2) is 12.1. The molecule has 218 valence electrons. The highest BCUT2D eigenvalue weighted by molar-refractivity contribution is 9.10. The van der Waals surface area contributed by atoms with Crippen LogP contribution in [0.1, 0.15) is 44.4 Å². The molecule has 43 heavy (non-hydrogen) atoms. The van der Waals surface area contributed by atoms with Crippen molar-refractivity contribution in [1.82, 2.24) is 10.0 Å². The third-order valence-electron chi connectivity index (χ3n) is 7.41. The fourth-order valence-corrected chi connectivity index (χ4v) is 5.43. The number of halogens is 1. The van der Waals surface area contributed by atoms with E-state index in [1.165, 1.54) is 36.4 Å². The first kappa shape index (κ1) is 29.5. The number of hydrogen-bond donors (Lipinski definition) is 0. The Balaban J connectivity index is 1.39. The molecule has 3 aromatic rings. The van der Waals surface area contributed by atoms with Gasteiger partial charge in [-0.1, -0.05) is 35.0 Å². The van der Waals surface area contributed by atoms with E-state index in [2.05, 4.69) is 15.9 Å². The summed E-state index contributed by atoms with van der Waals surface area (Å²) in [5.74, 6) is -4.64. The molecule has 0 radical (unpaired) electrons. The van der Waals surface area contributed by atoms with Crippen LogP contribution >= 0.6 is 15.9 Å². The van der Waals surface area contributed by atoms with Crippen LogP contribution in [0, 0.1) is 27.9 Å². The second-order valence-corrected chi connectivity index (χ2v) is 11.1. The molecule has 3 atom stereocenters. The number of non-ortho nitro benzene ring substituents is 1. The van der Waals surface area contributed by atoms with Crippen LogP contribution in [0.2, 0.25) is 0 Å². The minimum absolute atomic E-state index is 0.0461. The number of ketones is 1. The highest BCUT2D eigenvalue weighted by atomic mass is 79.9. The van der Waals surface area contributed by atoms with Crippen LogP contribution in [0.15, 0.2) is 89.4 Å². The molecule has 1 heterocycles. The number of esters is 1. The van der Waals surface area contributed by atoms with Gasteiger partial charge in [0.15, 0.2) is 5.78 Å². The van der Waals surface area contributed by atoms with Gasteiger partial charge in [-0.15, -0.1) is 0 Å². The van der Waals surface area contributed by atoms with Crippen molar-refractivity contribution >= 4 is 51.1 Å². The quantitative estimate of drug-likeness (QED) is 0.0632. The molecule has 3 amide bonds. The Bertz CT molecular complexity index is 1650. The molecule has 0 saturated carbocycles. The number of hydrogen-bond acceptors (Lipinski definition) is 8. The molecule has 0 aromatic heterocycles. The molecule has 1 aliphatic carbocycles. The molecule has 11 nitrogen and oxygen atoms in total. The molecular formula is C31H24BrN3O8. The van der Waals surface area contributed by atoms with Gasteiger partial charge in [-0.05, 0) is 73.0 Å². The zero-order chi connectivity index (χ0) is 30.8. The van der Waals surface area contributed by atoms with Crippen molar-refractivity contribution in [2.24, 2.45) is 17.8 Å². The summed E-state index contributed by atoms with van der Waals surface area (Å²) in [7, 11) is 0. The van der Waals surface area contributed by atoms with Crippen molar-refractivity contribution in [3.8, 4) is 5.75 Å². The van der Waals surface area contributed by atoms with Gasteiger partial charge in [0.05, 0.1) is 22.3 Å². The summed E-state index contributed by atoms with van der Waals surface area (Å²) in [6, 6.07) is 16.9. The first-order valence-corrected chi connectivity index (χ1v) is 14.1. The minimum Gasteiger partial charge on any atom is -0.423 e. The number of benzene rings is 3. The van der Waals surface area contributed by atoms with Crippen LogP contribution in [0.4, 0.5) is 5.69 Å². The number of amides is 3. The lowest BCUT2D eigenvalue weighted by Crippen LogP contribution is -2.52. The largest absolute Gasteiger partial charge is 0.423 e. The predicted octanol–water partition coefficient (Wildman–Crippen LogP) is 5.01. The summed E-state index contributed by atoms with van der Waals surface area (Å²) >= 11 is 3.30. The van der Waals surface area contributed by atoms with Crippen LogP contribution in [0.3, 0.4) is 0 Å². The first-order valence-electron chi connectivity index (χ1n) is 13.3. The number of allylic oxidation sites excluding steroid dienone is 2. The standard InChI is InChI=1S/C31H24BrN3O8/c1-18-3-2-4-25-27(18)30(39)34(29(25)38)33(28(37)20-7-13-23(14-8-20)35(41)42)17-26(36)19-9-15-24(16-10-19)43-31(40)21-5-11-22(32)12-6-21/h2-3,5-16,18,25,27H,4,17H2,1H3/t18-,25+,27+/m1/s1. The smallest absolute Gasteiger partial charge is 0.343 e. The molecule has 0 bridgehead atoms. The summed E-state index contributed by atoms with van der Waals surface area (Å²) in [6.07, 6.45) is 3.98. The lowest BCUT2D eigenvalue weighted by Gasteiger charge is -2.30. The van der Waals surface area contributed by atoms with E-state index >= 15 is 0 Å². The maximum Gasteiger partial charge on any atom is 0.343 e. The Morgan fingerprint density at radius 3 is 2.14 bits per heavy atom. The molecular weight excluding hydrogens is 622 g/mol. The van der Waals surface area contributed by atoms with Crippen LogP contribution in [0.25, 0.3) is 0 Å². The second-order valence-electron chi connectivity index (χ2n) is 10.2. The SMILES string of the molecule is C[C@@H]1C=CC[C@@H]2C(=O)N(N(CC(=O)c3ccc(OC(=O)c4ccc(Br)cc4)cc3)C(=O)c3ccc([N+](=O)[O-])cc3)C(=O)[C@@H]12. The molecule has 3 aromatic carbocycles. The molecule has 12 heteroatoms. The number of rotatable bonds is 8. The van der Waals surface area contributed by atoms with Gasteiger partial charge in [-0.25, -0.2) is 9.80 Å². The van der Waals surface area contributed by atoms with E-state index in [1.54, 1.807) is 31.2 Å². The maximum absolute atomic E-state index is 13.7. The lowest BCUT2D eigenvalue weighted by molar-refractivity contribution is -0.384. The number of fused-ring (bicyclic) bond motifs is 1. The number of Topliss-reactive ketones (excluding diaryl/α,β-unsaturated/α-hetero) is 1. The van der Waals surface area contributed by atoms with Crippen LogP contribution in [0.5, 0.6) is 5.75 Å². The van der Waals surface area contributed by atoms with E-state index in [0.717, 1.165) is 26.6 Å². The molecule has 0 N–H and O–H groups in total. The fourth-order valence-electron chi connectivity index (χ4n) is 5.17. The Labute approximate surface area is 254 Å². The van der Waals surface area contributed by atoms with Gasteiger partial charge in [-0.2, -0.15) is 5.01 Å². The Morgan fingerprint density at radius 2 is 1.53 bits per heavy atom. The van der Waals surface area contributed by atoms with E-state index in [1.807, 2.05) is 12.2 Å². The minimum atomic E-state index is -0.843. The van der Waals surface area contributed by atoms with Crippen LogP contribution in [-0.2, 0) is 9.59 Å². The van der Waals surface area contributed by atoms with E-state index in [4.69, 9.17) is 4.74 Å². The number of carbonyl (C=O) groups is 5. The van der Waals surface area contributed by atoms with Gasteiger partial charge >= 0.3 is 5.97 Å². The molecule has 2 aliphatic rings. The number of hydrazine groups is 1. The van der Waals surface area contributed by atoms with Gasteiger partial charge in [-0.3, -0.25) is 29.3 Å². The number of imide groups is 1. The molecule has 0 spiro atoms. The zero-order valence-electron chi connectivity index (χ0n) is 22.7. The van der Waals surface area contributed by atoms with E-state index in [9.17, 15) is 34.1 Å². The third-order valence-corrected chi connectivity index (χ3v) is 7.94. The van der Waals surface area contributed by atoms with Crippen molar-refractivity contribution in [2.45, 2.75) is 13.3 Å². The van der Waals surface area contributed by atoms with Crippen molar-refractivity contribution in [2.75, 3.05) is 6.54 Å². The molecule has 5 rings (SSSR count). The highest BCUT2D eigenvalue weighted by Gasteiger charge is 2.53. The van der Waals surface area contributed by atoms with E-state index in [0.29, 0.717) is 12.0 Å². The fraction of sp³-hybridized carbons (Fsp3) is 0.194. The number of nitro benzene ring substituents is 1. The Kier molecular flexibility index (Phi) is 8.31. The number of ether oxygens (including phenoxy) is 1. The lowest BCUT2D eigenvalue weighted by atomic mass is 9.78. The summed E-state index contributed by atoms with van der Waals surface area (Å²) < 4.78 is 6.17. The number of nitro groups is 1. The van der Waals surface area contributed by atoms with Crippen LogP contribution in [-0.4, -0.2) is 51.0 Å². The summed E-state index contributed by atoms with van der Waals surface area (Å²) in [5.41, 5.74) is 0.167. The van der Waals surface area contributed by atoms with E-state index < -0.39 is 52.8 Å². The van der Waals surface area contributed by atoms with Gasteiger partial charge < -0.3 is 4.74 Å².